The van der Waals surface area contributed by atoms with Crippen molar-refractivity contribution in [3.63, 3.8) is 0 Å². The Kier molecular flexibility index (Phi) is 24.3. The topological polar surface area (TPSA) is 225 Å². The third-order valence-electron chi connectivity index (χ3n) is 12.9. The number of ether oxygens (including phenoxy) is 3. The molecule has 18 heteroatoms. The summed E-state index contributed by atoms with van der Waals surface area (Å²) < 4.78 is 17.5. The highest BCUT2D eigenvalue weighted by atomic mass is 16.5. The van der Waals surface area contributed by atoms with Crippen molar-refractivity contribution in [1.29, 1.82) is 0 Å². The molecule has 4 amide bonds. The molecule has 374 valence electrons. The van der Waals surface area contributed by atoms with Crippen LogP contribution >= 0.6 is 0 Å². The number of carboxylic acids is 2. The first-order valence-electron chi connectivity index (χ1n) is 23.3. The molecule has 18 nitrogen and oxygen atoms in total. The molecular weight excluding hydrogens is 853 g/mol. The van der Waals surface area contributed by atoms with E-state index in [1.165, 1.54) is 14.2 Å². The Hall–Kier alpha value is -4.65. The van der Waals surface area contributed by atoms with Crippen LogP contribution in [0.15, 0.2) is 30.3 Å². The van der Waals surface area contributed by atoms with Gasteiger partial charge in [-0.2, -0.15) is 0 Å². The lowest BCUT2D eigenvalue weighted by Crippen LogP contribution is -2.60. The van der Waals surface area contributed by atoms with Crippen LogP contribution in [0.1, 0.15) is 93.6 Å². The van der Waals surface area contributed by atoms with Gasteiger partial charge in [-0.3, -0.25) is 38.6 Å². The molecule has 0 bridgehead atoms. The van der Waals surface area contributed by atoms with Gasteiger partial charge in [-0.05, 0) is 57.1 Å². The number of likely N-dealkylation sites (tertiary alicyclic amines) is 1. The highest BCUT2D eigenvalue weighted by Gasteiger charge is 2.44. The number of benzene rings is 1. The summed E-state index contributed by atoms with van der Waals surface area (Å²) in [6.07, 6.45) is 0.395. The fourth-order valence-corrected chi connectivity index (χ4v) is 8.88. The number of nitrogens with zero attached hydrogens (tertiary/aromatic N) is 4. The lowest BCUT2D eigenvalue weighted by molar-refractivity contribution is -0.150. The lowest BCUT2D eigenvalue weighted by Gasteiger charge is -2.41. The van der Waals surface area contributed by atoms with Gasteiger partial charge < -0.3 is 44.9 Å². The molecular formula is C48H80N6O12. The average molecular weight is 933 g/mol. The van der Waals surface area contributed by atoms with Gasteiger partial charge in [-0.1, -0.05) is 85.2 Å². The van der Waals surface area contributed by atoms with Gasteiger partial charge >= 0.3 is 17.9 Å². The minimum atomic E-state index is -1.24. The molecule has 0 spiro atoms. The number of esters is 1. The number of hydrogen-bond acceptors (Lipinski definition) is 12. The van der Waals surface area contributed by atoms with Crippen LogP contribution in [0.2, 0.25) is 0 Å². The summed E-state index contributed by atoms with van der Waals surface area (Å²) in [7, 11) is 6.60. The van der Waals surface area contributed by atoms with E-state index in [1.54, 1.807) is 48.0 Å². The summed E-state index contributed by atoms with van der Waals surface area (Å²) in [5, 5.41) is 24.3. The first kappa shape index (κ1) is 57.5. The number of carbonyl (C=O) groups is 7. The van der Waals surface area contributed by atoms with Gasteiger partial charge in [0.05, 0.1) is 55.8 Å². The Balaban J connectivity index is 2.31. The third-order valence-corrected chi connectivity index (χ3v) is 12.9. The van der Waals surface area contributed by atoms with Crippen LogP contribution in [0, 0.1) is 23.7 Å². The molecule has 0 aliphatic carbocycles. The minimum absolute atomic E-state index is 0.00427. The van der Waals surface area contributed by atoms with Crippen molar-refractivity contribution in [2.45, 2.75) is 143 Å². The molecule has 0 radical (unpaired) electrons. The number of carbonyl (C=O) groups excluding carboxylic acids is 5. The Morgan fingerprint density at radius 3 is 1.94 bits per heavy atom. The molecule has 1 heterocycles. The van der Waals surface area contributed by atoms with Crippen molar-refractivity contribution < 1.29 is 58.0 Å². The van der Waals surface area contributed by atoms with Gasteiger partial charge in [0, 0.05) is 46.8 Å². The minimum Gasteiger partial charge on any atom is -0.480 e. The van der Waals surface area contributed by atoms with E-state index in [0.717, 1.165) is 10.5 Å². The van der Waals surface area contributed by atoms with E-state index >= 15 is 0 Å². The summed E-state index contributed by atoms with van der Waals surface area (Å²) in [5.74, 6) is -5.70. The van der Waals surface area contributed by atoms with Crippen molar-refractivity contribution in [2.24, 2.45) is 23.7 Å². The monoisotopic (exact) mass is 933 g/mol. The highest BCUT2D eigenvalue weighted by Crippen LogP contribution is 2.30. The van der Waals surface area contributed by atoms with Crippen molar-refractivity contribution in [1.82, 2.24) is 30.2 Å². The summed E-state index contributed by atoms with van der Waals surface area (Å²) >= 11 is 0. The molecule has 0 aromatic heterocycles. The molecule has 1 aliphatic heterocycles. The number of amides is 4. The maximum Gasteiger partial charge on any atom is 0.329 e. The van der Waals surface area contributed by atoms with Crippen LogP contribution in [0.4, 0.5) is 0 Å². The summed E-state index contributed by atoms with van der Waals surface area (Å²) in [5.41, 5.74) is 0.732. The maximum absolute atomic E-state index is 14.5. The van der Waals surface area contributed by atoms with E-state index in [0.29, 0.717) is 25.8 Å². The van der Waals surface area contributed by atoms with E-state index in [2.05, 4.69) is 10.6 Å². The number of hydrogen-bond donors (Lipinski definition) is 4. The quantitative estimate of drug-likeness (QED) is 0.0848. The Morgan fingerprint density at radius 1 is 0.833 bits per heavy atom. The predicted molar refractivity (Wildman–Crippen MR) is 249 cm³/mol. The molecule has 1 aromatic carbocycles. The van der Waals surface area contributed by atoms with Crippen LogP contribution in [0.25, 0.3) is 0 Å². The summed E-state index contributed by atoms with van der Waals surface area (Å²) in [6, 6.07) is 5.62. The Labute approximate surface area is 392 Å². The number of aliphatic carboxylic acids is 2. The number of rotatable bonds is 29. The molecule has 66 heavy (non-hydrogen) atoms. The third kappa shape index (κ3) is 16.9. The molecule has 0 saturated carbocycles. The van der Waals surface area contributed by atoms with E-state index in [4.69, 9.17) is 14.2 Å². The van der Waals surface area contributed by atoms with Crippen LogP contribution in [0.3, 0.4) is 0 Å². The molecule has 9 atom stereocenters. The van der Waals surface area contributed by atoms with Gasteiger partial charge in [-0.15, -0.1) is 0 Å². The first-order valence-corrected chi connectivity index (χ1v) is 23.3. The lowest BCUT2D eigenvalue weighted by atomic mass is 9.89. The number of likely N-dealkylation sites (N-methyl/N-ethyl adjacent to an activating group) is 2. The van der Waals surface area contributed by atoms with E-state index in [9.17, 15) is 43.8 Å². The van der Waals surface area contributed by atoms with Crippen LogP contribution in [-0.4, -0.2) is 181 Å². The second-order valence-corrected chi connectivity index (χ2v) is 18.7. The molecule has 1 fully saturated rings. The Bertz CT molecular complexity index is 1710. The van der Waals surface area contributed by atoms with Crippen LogP contribution < -0.4 is 10.6 Å². The number of methoxy groups -OCH3 is 2. The van der Waals surface area contributed by atoms with E-state index < -0.39 is 85.2 Å². The largest absolute Gasteiger partial charge is 0.480 e. The van der Waals surface area contributed by atoms with Gasteiger partial charge in [0.15, 0.2) is 0 Å². The predicted octanol–water partition coefficient (Wildman–Crippen LogP) is 3.15. The smallest absolute Gasteiger partial charge is 0.329 e. The van der Waals surface area contributed by atoms with Crippen LogP contribution in [-0.2, 0) is 54.2 Å². The van der Waals surface area contributed by atoms with Gasteiger partial charge in [-0.25, -0.2) is 4.79 Å². The second-order valence-electron chi connectivity index (χ2n) is 18.7. The zero-order chi connectivity index (χ0) is 50.0. The van der Waals surface area contributed by atoms with E-state index in [1.807, 2.05) is 73.4 Å². The van der Waals surface area contributed by atoms with Crippen LogP contribution in [0.5, 0.6) is 0 Å². The fourth-order valence-electron chi connectivity index (χ4n) is 8.88. The molecule has 1 aromatic rings. The Morgan fingerprint density at radius 2 is 1.44 bits per heavy atom. The average Bonchev–Trinajstić information content (AvgIpc) is 3.74. The normalized spacial score (nSPS) is 17.8. The summed E-state index contributed by atoms with van der Waals surface area (Å²) in [4.78, 5) is 99.2. The van der Waals surface area contributed by atoms with Crippen molar-refractivity contribution >= 4 is 41.5 Å². The molecule has 1 aliphatic rings. The SMILES string of the molecule is CCC(C)C(C(CC(=O)N1CCCC1C(OC)C(C)C(=O)NC(Cc1ccccc1)C(=O)OCCN(CC(=O)O)CC(=O)O)OC)N(C)C(=O)[C@@H](NC(=O)C(C(C)C)N(C)C(C)C)C(C)C. The fraction of sp³-hybridized carbons (Fsp3) is 0.729. The van der Waals surface area contributed by atoms with Crippen molar-refractivity contribution in [3.05, 3.63) is 35.9 Å². The molecule has 4 N–H and O–H groups in total. The number of nitrogens with one attached hydrogen (secondary N) is 2. The van der Waals surface area contributed by atoms with Crippen molar-refractivity contribution in [3.8, 4) is 0 Å². The maximum atomic E-state index is 14.5. The standard InChI is InChI=1S/C48H80N6O12/c1-14-32(8)43(52(11)47(62)41(29(2)3)50-46(61)42(30(4)5)51(10)31(6)7)37(64-12)26-38(55)54-22-18-21-36(54)44(65-13)33(9)45(60)49-35(25-34-19-16-15-17-20-34)48(63)66-24-23-53(27-39(56)57)28-40(58)59/h15-17,19-20,29-33,35-37,41-44H,14,18,21-28H2,1-13H3,(H,49,60)(H,50,61)(H,56,57)(H,58,59)/t32?,33?,35?,36?,37?,41-,42?,43?,44?/m0/s1. The van der Waals surface area contributed by atoms with Gasteiger partial charge in [0.2, 0.25) is 23.6 Å². The zero-order valence-corrected chi connectivity index (χ0v) is 41.7. The van der Waals surface area contributed by atoms with Gasteiger partial charge in [0.25, 0.3) is 0 Å². The summed E-state index contributed by atoms with van der Waals surface area (Å²) in [6.45, 7) is 16.3. The number of carboxylic acid groups (broad SMARTS) is 2. The molecule has 1 saturated heterocycles. The van der Waals surface area contributed by atoms with E-state index in [-0.39, 0.29) is 67.5 Å². The molecule has 2 rings (SSSR count). The van der Waals surface area contributed by atoms with Crippen molar-refractivity contribution in [2.75, 3.05) is 61.1 Å². The zero-order valence-electron chi connectivity index (χ0n) is 41.7. The highest BCUT2D eigenvalue weighted by molar-refractivity contribution is 5.90. The molecule has 8 unspecified atom stereocenters. The second kappa shape index (κ2) is 27.9. The first-order chi connectivity index (χ1) is 31.0. The van der Waals surface area contributed by atoms with Gasteiger partial charge in [0.1, 0.15) is 18.7 Å².